The second-order valence-corrected chi connectivity index (χ2v) is 8.03. The third kappa shape index (κ3) is 4.65. The largest absolute Gasteiger partial charge is 0.481 e. The van der Waals surface area contributed by atoms with Crippen LogP contribution in [0.4, 0.5) is 10.1 Å². The van der Waals surface area contributed by atoms with E-state index in [0.717, 1.165) is 11.8 Å². The highest BCUT2D eigenvalue weighted by Gasteiger charge is 2.20. The molecule has 0 aliphatic carbocycles. The Bertz CT molecular complexity index is 1120. The molecule has 0 bridgehead atoms. The van der Waals surface area contributed by atoms with E-state index in [-0.39, 0.29) is 17.4 Å². The van der Waals surface area contributed by atoms with Crippen LogP contribution in [0.15, 0.2) is 23.4 Å². The number of halogens is 2. The summed E-state index contributed by atoms with van der Waals surface area (Å²) in [6.45, 7) is 5.15. The van der Waals surface area contributed by atoms with Crippen LogP contribution in [-0.2, 0) is 16.0 Å². The summed E-state index contributed by atoms with van der Waals surface area (Å²) in [6.07, 6.45) is -0.165. The zero-order chi connectivity index (χ0) is 21.3. The van der Waals surface area contributed by atoms with Gasteiger partial charge in [-0.2, -0.15) is 4.98 Å². The maximum absolute atomic E-state index is 13.2. The first-order chi connectivity index (χ1) is 13.7. The number of fused-ring (bicyclic) bond motifs is 1. The highest BCUT2D eigenvalue weighted by atomic mass is 35.5. The minimum atomic E-state index is -0.960. The average molecular weight is 438 g/mol. The van der Waals surface area contributed by atoms with Crippen molar-refractivity contribution < 1.29 is 19.1 Å². The standard InChI is InChI=1S/C18H17ClFN5O3S/c1-8-12(7-15(26)27)9(2)25-17(21-8)23-18(24-25)29-10(3)16(28)22-11-4-5-14(20)13(19)6-11/h4-6,10H,7H2,1-3H3,(H,22,28)(H,26,27). The number of carbonyl (C=O) groups is 2. The smallest absolute Gasteiger partial charge is 0.307 e. The molecule has 2 heterocycles. The lowest BCUT2D eigenvalue weighted by molar-refractivity contribution is -0.136. The average Bonchev–Trinajstić information content (AvgIpc) is 3.04. The van der Waals surface area contributed by atoms with Gasteiger partial charge in [0.15, 0.2) is 0 Å². The number of benzene rings is 1. The van der Waals surface area contributed by atoms with Crippen molar-refractivity contribution in [2.24, 2.45) is 0 Å². The molecule has 0 saturated carbocycles. The van der Waals surface area contributed by atoms with Gasteiger partial charge in [0.1, 0.15) is 5.82 Å². The Labute approximate surface area is 174 Å². The second kappa shape index (κ2) is 8.34. The summed E-state index contributed by atoms with van der Waals surface area (Å²) >= 11 is 6.85. The fourth-order valence-corrected chi connectivity index (χ4v) is 3.60. The van der Waals surface area contributed by atoms with Crippen LogP contribution in [0.1, 0.15) is 23.9 Å². The molecule has 1 aromatic carbocycles. The molecule has 3 aromatic rings. The molecular weight excluding hydrogens is 421 g/mol. The molecular formula is C18H17ClFN5O3S. The van der Waals surface area contributed by atoms with Crippen LogP contribution in [0.5, 0.6) is 0 Å². The van der Waals surface area contributed by atoms with Crippen LogP contribution in [0.25, 0.3) is 5.78 Å². The Kier molecular flexibility index (Phi) is 6.04. The van der Waals surface area contributed by atoms with E-state index < -0.39 is 17.0 Å². The summed E-state index contributed by atoms with van der Waals surface area (Å²) in [5, 5.41) is 15.8. The SMILES string of the molecule is Cc1nc2nc(SC(C)C(=O)Nc3ccc(F)c(Cl)c3)nn2c(C)c1CC(=O)O. The number of nitrogens with one attached hydrogen (secondary N) is 1. The van der Waals surface area contributed by atoms with E-state index in [2.05, 4.69) is 20.4 Å². The first-order valence-electron chi connectivity index (χ1n) is 8.53. The van der Waals surface area contributed by atoms with E-state index in [9.17, 15) is 14.0 Å². The number of thioether (sulfide) groups is 1. The van der Waals surface area contributed by atoms with E-state index in [1.807, 2.05) is 0 Å². The number of anilines is 1. The number of aryl methyl sites for hydroxylation is 2. The number of carboxylic acid groups (broad SMARTS) is 1. The zero-order valence-corrected chi connectivity index (χ0v) is 17.3. The lowest BCUT2D eigenvalue weighted by atomic mass is 10.1. The van der Waals surface area contributed by atoms with E-state index in [1.54, 1.807) is 20.8 Å². The van der Waals surface area contributed by atoms with Crippen molar-refractivity contribution in [3.63, 3.8) is 0 Å². The predicted octanol–water partition coefficient (Wildman–Crippen LogP) is 3.28. The molecule has 1 amide bonds. The Balaban J connectivity index is 1.78. The molecule has 0 aliphatic rings. The van der Waals surface area contributed by atoms with Crippen molar-refractivity contribution in [2.45, 2.75) is 37.6 Å². The van der Waals surface area contributed by atoms with E-state index in [4.69, 9.17) is 16.7 Å². The third-order valence-corrected chi connectivity index (χ3v) is 5.44. The number of rotatable bonds is 6. The van der Waals surface area contributed by atoms with Gasteiger partial charge in [0.2, 0.25) is 11.1 Å². The van der Waals surface area contributed by atoms with Crippen molar-refractivity contribution >= 4 is 46.7 Å². The Hall–Kier alpha value is -2.72. The van der Waals surface area contributed by atoms with E-state index >= 15 is 0 Å². The van der Waals surface area contributed by atoms with Crippen molar-refractivity contribution in [3.05, 3.63) is 46.0 Å². The molecule has 152 valence electrons. The molecule has 8 nitrogen and oxygen atoms in total. The number of amides is 1. The van der Waals surface area contributed by atoms with E-state index in [0.29, 0.717) is 33.6 Å². The molecule has 0 fully saturated rings. The monoisotopic (exact) mass is 437 g/mol. The van der Waals surface area contributed by atoms with Gasteiger partial charge in [0.25, 0.3) is 5.78 Å². The molecule has 0 radical (unpaired) electrons. The lowest BCUT2D eigenvalue weighted by Gasteiger charge is -2.10. The fraction of sp³-hybridized carbons (Fsp3) is 0.278. The Morgan fingerprint density at radius 2 is 2.07 bits per heavy atom. The molecule has 3 rings (SSSR count). The number of carbonyl (C=O) groups excluding carboxylic acids is 1. The summed E-state index contributed by atoms with van der Waals surface area (Å²) in [6, 6.07) is 3.92. The second-order valence-electron chi connectivity index (χ2n) is 6.32. The maximum Gasteiger partial charge on any atom is 0.307 e. The first-order valence-corrected chi connectivity index (χ1v) is 9.78. The van der Waals surface area contributed by atoms with Gasteiger partial charge in [-0.3, -0.25) is 9.59 Å². The summed E-state index contributed by atoms with van der Waals surface area (Å²) in [4.78, 5) is 32.1. The molecule has 1 atom stereocenters. The molecule has 0 saturated heterocycles. The van der Waals surface area contributed by atoms with Gasteiger partial charge in [-0.15, -0.1) is 5.10 Å². The highest BCUT2D eigenvalue weighted by molar-refractivity contribution is 8.00. The molecule has 0 aliphatic heterocycles. The number of carboxylic acids is 1. The Morgan fingerprint density at radius 1 is 1.34 bits per heavy atom. The molecule has 1 unspecified atom stereocenters. The summed E-state index contributed by atoms with van der Waals surface area (Å²) < 4.78 is 14.7. The van der Waals surface area contributed by atoms with Crippen LogP contribution in [-0.4, -0.2) is 41.8 Å². The van der Waals surface area contributed by atoms with Crippen molar-refractivity contribution in [1.82, 2.24) is 19.6 Å². The van der Waals surface area contributed by atoms with Crippen molar-refractivity contribution in [2.75, 3.05) is 5.32 Å². The zero-order valence-electron chi connectivity index (χ0n) is 15.7. The van der Waals surface area contributed by atoms with E-state index in [1.165, 1.54) is 22.7 Å². The molecule has 2 aromatic heterocycles. The van der Waals surface area contributed by atoms with Crippen LogP contribution >= 0.6 is 23.4 Å². The van der Waals surface area contributed by atoms with Crippen LogP contribution in [0.3, 0.4) is 0 Å². The van der Waals surface area contributed by atoms with Crippen molar-refractivity contribution in [3.8, 4) is 0 Å². The topological polar surface area (TPSA) is 109 Å². The predicted molar refractivity (Wildman–Crippen MR) is 107 cm³/mol. The van der Waals surface area contributed by atoms with Gasteiger partial charge >= 0.3 is 5.97 Å². The third-order valence-electron chi connectivity index (χ3n) is 4.20. The van der Waals surface area contributed by atoms with Crippen LogP contribution in [0.2, 0.25) is 5.02 Å². The molecule has 11 heteroatoms. The van der Waals surface area contributed by atoms with Gasteiger partial charge < -0.3 is 10.4 Å². The molecule has 2 N–H and O–H groups in total. The van der Waals surface area contributed by atoms with Gasteiger partial charge in [0.05, 0.1) is 16.7 Å². The van der Waals surface area contributed by atoms with Crippen LogP contribution < -0.4 is 5.32 Å². The normalized spacial score (nSPS) is 12.2. The van der Waals surface area contributed by atoms with Crippen LogP contribution in [0, 0.1) is 19.7 Å². The molecule has 29 heavy (non-hydrogen) atoms. The number of aliphatic carboxylic acids is 1. The van der Waals surface area contributed by atoms with Gasteiger partial charge in [0, 0.05) is 22.6 Å². The first kappa shape index (κ1) is 21.0. The Morgan fingerprint density at radius 3 is 2.72 bits per heavy atom. The van der Waals surface area contributed by atoms with Crippen molar-refractivity contribution in [1.29, 1.82) is 0 Å². The lowest BCUT2D eigenvalue weighted by Crippen LogP contribution is -2.22. The molecule has 0 spiro atoms. The number of hydrogen-bond donors (Lipinski definition) is 2. The number of nitrogens with zero attached hydrogens (tertiary/aromatic N) is 4. The number of aromatic nitrogens is 4. The summed E-state index contributed by atoms with van der Waals surface area (Å²) in [5.41, 5.74) is 2.15. The minimum absolute atomic E-state index is 0.0841. The maximum atomic E-state index is 13.2. The fourth-order valence-electron chi connectivity index (χ4n) is 2.68. The van der Waals surface area contributed by atoms with Gasteiger partial charge in [-0.25, -0.2) is 13.9 Å². The number of hydrogen-bond acceptors (Lipinski definition) is 6. The highest BCUT2D eigenvalue weighted by Crippen LogP contribution is 2.24. The van der Waals surface area contributed by atoms with Gasteiger partial charge in [-0.05, 0) is 39.0 Å². The van der Waals surface area contributed by atoms with Gasteiger partial charge in [-0.1, -0.05) is 23.4 Å². The summed E-state index contributed by atoms with van der Waals surface area (Å²) in [7, 11) is 0. The summed E-state index contributed by atoms with van der Waals surface area (Å²) in [5.74, 6) is -1.53. The quantitative estimate of drug-likeness (QED) is 0.569. The minimum Gasteiger partial charge on any atom is -0.481 e.